The third kappa shape index (κ3) is 2.81. The molecule has 0 amide bonds. The predicted octanol–water partition coefficient (Wildman–Crippen LogP) is 3.86. The largest absolute Gasteiger partial charge is 0.298 e. The lowest BCUT2D eigenvalue weighted by Gasteiger charge is -2.03. The predicted molar refractivity (Wildman–Crippen MR) is 83.3 cm³/mol. The zero-order chi connectivity index (χ0) is 15.5. The van der Waals surface area contributed by atoms with Crippen LogP contribution in [-0.4, -0.2) is 16.1 Å². The highest BCUT2D eigenvalue weighted by molar-refractivity contribution is 5.85. The van der Waals surface area contributed by atoms with Crippen LogP contribution in [0.4, 0.5) is 4.39 Å². The molecule has 22 heavy (non-hydrogen) atoms. The normalized spacial score (nSPS) is 10.6. The van der Waals surface area contributed by atoms with Crippen LogP contribution < -0.4 is 0 Å². The van der Waals surface area contributed by atoms with Crippen molar-refractivity contribution < 1.29 is 9.18 Å². The van der Waals surface area contributed by atoms with E-state index < -0.39 is 0 Å². The highest BCUT2D eigenvalue weighted by Crippen LogP contribution is 2.22. The van der Waals surface area contributed by atoms with Crippen molar-refractivity contribution >= 4 is 6.29 Å². The summed E-state index contributed by atoms with van der Waals surface area (Å²) in [6.45, 7) is 2.29. The molecule has 0 aliphatic heterocycles. The molecular weight excluding hydrogens is 279 g/mol. The van der Waals surface area contributed by atoms with Gasteiger partial charge >= 0.3 is 0 Å². The lowest BCUT2D eigenvalue weighted by Crippen LogP contribution is -2.02. The Bertz CT molecular complexity index is 806. The van der Waals surface area contributed by atoms with E-state index in [2.05, 4.69) is 5.10 Å². The second-order valence-electron chi connectivity index (χ2n) is 5.21. The number of hydrogen-bond donors (Lipinski definition) is 0. The van der Waals surface area contributed by atoms with Gasteiger partial charge in [0.1, 0.15) is 11.5 Å². The number of aromatic nitrogens is 2. The Kier molecular flexibility index (Phi) is 3.83. The Balaban J connectivity index is 1.96. The molecule has 0 saturated carbocycles. The fraction of sp³-hybridized carbons (Fsp3) is 0.111. The summed E-state index contributed by atoms with van der Waals surface area (Å²) < 4.78 is 15.3. The standard InChI is InChI=1S/C18H15FN2O/c1-13-6-8-14(9-7-13)18-16(12-22)11-21(20-18)10-15-4-2-3-5-17(15)19/h2-9,11-12H,10H2,1H3. The maximum Gasteiger partial charge on any atom is 0.153 e. The van der Waals surface area contributed by atoms with Gasteiger partial charge in [-0.1, -0.05) is 48.0 Å². The molecular formula is C18H15FN2O. The van der Waals surface area contributed by atoms with Crippen LogP contribution >= 0.6 is 0 Å². The first-order valence-corrected chi connectivity index (χ1v) is 7.00. The van der Waals surface area contributed by atoms with Gasteiger partial charge in [0, 0.05) is 17.3 Å². The van der Waals surface area contributed by atoms with E-state index >= 15 is 0 Å². The van der Waals surface area contributed by atoms with Gasteiger partial charge in [-0.25, -0.2) is 4.39 Å². The van der Waals surface area contributed by atoms with Gasteiger partial charge in [-0.05, 0) is 13.0 Å². The molecule has 110 valence electrons. The Labute approximate surface area is 128 Å². The number of carbonyl (C=O) groups excluding carboxylic acids is 1. The summed E-state index contributed by atoms with van der Waals surface area (Å²) in [5, 5.41) is 4.44. The fourth-order valence-electron chi connectivity index (χ4n) is 2.34. The third-order valence-corrected chi connectivity index (χ3v) is 3.53. The number of aryl methyl sites for hydroxylation is 1. The molecule has 0 N–H and O–H groups in total. The van der Waals surface area contributed by atoms with Gasteiger partial charge in [0.05, 0.1) is 12.1 Å². The number of aldehydes is 1. The zero-order valence-corrected chi connectivity index (χ0v) is 12.2. The Morgan fingerprint density at radius 3 is 2.55 bits per heavy atom. The summed E-state index contributed by atoms with van der Waals surface area (Å²) in [5.74, 6) is -0.275. The summed E-state index contributed by atoms with van der Waals surface area (Å²) in [6.07, 6.45) is 2.43. The van der Waals surface area contributed by atoms with E-state index in [-0.39, 0.29) is 5.82 Å². The molecule has 2 aromatic carbocycles. The molecule has 0 radical (unpaired) electrons. The lowest BCUT2D eigenvalue weighted by molar-refractivity contribution is 0.112. The summed E-state index contributed by atoms with van der Waals surface area (Å²) >= 11 is 0. The van der Waals surface area contributed by atoms with Crippen molar-refractivity contribution in [3.8, 4) is 11.3 Å². The van der Waals surface area contributed by atoms with E-state index in [9.17, 15) is 9.18 Å². The molecule has 3 aromatic rings. The minimum absolute atomic E-state index is 0.275. The molecule has 0 spiro atoms. The van der Waals surface area contributed by atoms with E-state index in [1.165, 1.54) is 6.07 Å². The molecule has 0 saturated heterocycles. The topological polar surface area (TPSA) is 34.9 Å². The number of nitrogens with zero attached hydrogens (tertiary/aromatic N) is 2. The summed E-state index contributed by atoms with van der Waals surface area (Å²) in [5.41, 5.74) is 3.67. The molecule has 0 unspecified atom stereocenters. The Morgan fingerprint density at radius 2 is 1.86 bits per heavy atom. The van der Waals surface area contributed by atoms with Crippen LogP contribution in [0.5, 0.6) is 0 Å². The number of rotatable bonds is 4. The molecule has 4 heteroatoms. The van der Waals surface area contributed by atoms with Crippen molar-refractivity contribution in [3.05, 3.63) is 77.2 Å². The SMILES string of the molecule is Cc1ccc(-c2nn(Cc3ccccc3F)cc2C=O)cc1. The first kappa shape index (κ1) is 14.2. The van der Waals surface area contributed by atoms with Crippen molar-refractivity contribution in [2.24, 2.45) is 0 Å². The second-order valence-corrected chi connectivity index (χ2v) is 5.21. The van der Waals surface area contributed by atoms with Crippen LogP contribution in [0.3, 0.4) is 0 Å². The number of carbonyl (C=O) groups is 1. The Hall–Kier alpha value is -2.75. The lowest BCUT2D eigenvalue weighted by atomic mass is 10.1. The minimum atomic E-state index is -0.275. The number of benzene rings is 2. The number of halogens is 1. The third-order valence-electron chi connectivity index (χ3n) is 3.53. The number of hydrogen-bond acceptors (Lipinski definition) is 2. The van der Waals surface area contributed by atoms with Gasteiger partial charge in [0.15, 0.2) is 6.29 Å². The van der Waals surface area contributed by atoms with E-state index in [0.717, 1.165) is 17.4 Å². The van der Waals surface area contributed by atoms with Crippen LogP contribution in [0.25, 0.3) is 11.3 Å². The Morgan fingerprint density at radius 1 is 1.14 bits per heavy atom. The highest BCUT2D eigenvalue weighted by atomic mass is 19.1. The quantitative estimate of drug-likeness (QED) is 0.685. The maximum atomic E-state index is 13.7. The molecule has 3 nitrogen and oxygen atoms in total. The molecule has 0 aliphatic rings. The zero-order valence-electron chi connectivity index (χ0n) is 12.2. The molecule has 1 aromatic heterocycles. The minimum Gasteiger partial charge on any atom is -0.298 e. The van der Waals surface area contributed by atoms with E-state index in [0.29, 0.717) is 23.4 Å². The van der Waals surface area contributed by atoms with Crippen molar-refractivity contribution in [1.29, 1.82) is 0 Å². The molecule has 0 bridgehead atoms. The van der Waals surface area contributed by atoms with E-state index in [1.807, 2.05) is 31.2 Å². The smallest absolute Gasteiger partial charge is 0.153 e. The van der Waals surface area contributed by atoms with E-state index in [1.54, 1.807) is 29.1 Å². The van der Waals surface area contributed by atoms with Crippen molar-refractivity contribution in [2.45, 2.75) is 13.5 Å². The van der Waals surface area contributed by atoms with Gasteiger partial charge in [-0.15, -0.1) is 0 Å². The summed E-state index contributed by atoms with van der Waals surface area (Å²) in [4.78, 5) is 11.3. The van der Waals surface area contributed by atoms with Crippen molar-refractivity contribution in [1.82, 2.24) is 9.78 Å². The van der Waals surface area contributed by atoms with Gasteiger partial charge in [0.25, 0.3) is 0 Å². The molecule has 3 rings (SSSR count). The van der Waals surface area contributed by atoms with Crippen LogP contribution in [0, 0.1) is 12.7 Å². The first-order chi connectivity index (χ1) is 10.7. The van der Waals surface area contributed by atoms with Crippen LogP contribution in [0.2, 0.25) is 0 Å². The van der Waals surface area contributed by atoms with Gasteiger partial charge in [-0.3, -0.25) is 9.48 Å². The van der Waals surface area contributed by atoms with Crippen molar-refractivity contribution in [3.63, 3.8) is 0 Å². The summed E-state index contributed by atoms with van der Waals surface area (Å²) in [6, 6.07) is 14.4. The second kappa shape index (κ2) is 5.93. The van der Waals surface area contributed by atoms with Crippen LogP contribution in [0.1, 0.15) is 21.5 Å². The average molecular weight is 294 g/mol. The first-order valence-electron chi connectivity index (χ1n) is 7.00. The van der Waals surface area contributed by atoms with E-state index in [4.69, 9.17) is 0 Å². The van der Waals surface area contributed by atoms with Gasteiger partial charge in [-0.2, -0.15) is 5.10 Å². The summed E-state index contributed by atoms with van der Waals surface area (Å²) in [7, 11) is 0. The van der Waals surface area contributed by atoms with Gasteiger partial charge < -0.3 is 0 Å². The monoisotopic (exact) mass is 294 g/mol. The maximum absolute atomic E-state index is 13.7. The average Bonchev–Trinajstić information content (AvgIpc) is 2.93. The fourth-order valence-corrected chi connectivity index (χ4v) is 2.34. The van der Waals surface area contributed by atoms with Gasteiger partial charge in [0.2, 0.25) is 0 Å². The van der Waals surface area contributed by atoms with Crippen molar-refractivity contribution in [2.75, 3.05) is 0 Å². The van der Waals surface area contributed by atoms with Crippen LogP contribution in [0.15, 0.2) is 54.7 Å². The van der Waals surface area contributed by atoms with Crippen LogP contribution in [-0.2, 0) is 6.54 Å². The highest BCUT2D eigenvalue weighted by Gasteiger charge is 2.11. The molecule has 0 aliphatic carbocycles. The molecule has 0 fully saturated rings. The molecule has 0 atom stereocenters. The molecule has 1 heterocycles.